The highest BCUT2D eigenvalue weighted by molar-refractivity contribution is 7.11. The van der Waals surface area contributed by atoms with Gasteiger partial charge >= 0.3 is 0 Å². The number of methoxy groups -OCH3 is 1. The molecule has 0 amide bonds. The molecular formula is C12H20N2OS. The van der Waals surface area contributed by atoms with Crippen LogP contribution in [0.2, 0.25) is 0 Å². The Bertz CT molecular complexity index is 328. The number of hydrogen-bond acceptors (Lipinski definition) is 4. The third-order valence-electron chi connectivity index (χ3n) is 3.35. The molecule has 1 aliphatic rings. The summed E-state index contributed by atoms with van der Waals surface area (Å²) in [5.41, 5.74) is 0.123. The van der Waals surface area contributed by atoms with Crippen LogP contribution >= 0.6 is 11.3 Å². The molecule has 1 saturated carbocycles. The van der Waals surface area contributed by atoms with Crippen molar-refractivity contribution < 1.29 is 4.74 Å². The summed E-state index contributed by atoms with van der Waals surface area (Å²) in [6, 6.07) is 0. The van der Waals surface area contributed by atoms with Crippen molar-refractivity contribution in [3.63, 3.8) is 0 Å². The van der Waals surface area contributed by atoms with Gasteiger partial charge in [-0.05, 0) is 25.7 Å². The highest BCUT2D eigenvalue weighted by Gasteiger charge is 2.36. The Morgan fingerprint density at radius 1 is 1.56 bits per heavy atom. The van der Waals surface area contributed by atoms with Crippen molar-refractivity contribution in [2.24, 2.45) is 0 Å². The highest BCUT2D eigenvalue weighted by atomic mass is 32.1. The quantitative estimate of drug-likeness (QED) is 0.829. The van der Waals surface area contributed by atoms with Crippen molar-refractivity contribution >= 4 is 11.3 Å². The van der Waals surface area contributed by atoms with Crippen LogP contribution in [0.1, 0.15) is 36.1 Å². The number of aromatic nitrogens is 1. The number of ether oxygens (including phenoxy) is 1. The molecular weight excluding hydrogens is 220 g/mol. The topological polar surface area (TPSA) is 34.2 Å². The van der Waals surface area contributed by atoms with E-state index < -0.39 is 0 Å². The summed E-state index contributed by atoms with van der Waals surface area (Å²) in [4.78, 5) is 5.67. The summed E-state index contributed by atoms with van der Waals surface area (Å²) >= 11 is 1.80. The van der Waals surface area contributed by atoms with Crippen molar-refractivity contribution in [1.29, 1.82) is 0 Å². The van der Waals surface area contributed by atoms with Gasteiger partial charge in [0.15, 0.2) is 0 Å². The number of thiazole rings is 1. The minimum absolute atomic E-state index is 0.123. The molecule has 0 aliphatic heterocycles. The lowest BCUT2D eigenvalue weighted by molar-refractivity contribution is -0.0695. The van der Waals surface area contributed by atoms with Crippen LogP contribution in [0.25, 0.3) is 0 Å². The molecule has 0 atom stereocenters. The molecule has 1 aliphatic carbocycles. The summed E-state index contributed by atoms with van der Waals surface area (Å²) < 4.78 is 5.56. The number of hydrogen-bond donors (Lipinski definition) is 1. The Hall–Kier alpha value is -0.450. The van der Waals surface area contributed by atoms with Crippen LogP contribution in [0.3, 0.4) is 0 Å². The monoisotopic (exact) mass is 240 g/mol. The molecule has 4 heteroatoms. The number of rotatable bonds is 6. The number of nitrogens with one attached hydrogen (secondary N) is 1. The van der Waals surface area contributed by atoms with E-state index in [9.17, 15) is 0 Å². The van der Waals surface area contributed by atoms with E-state index in [4.69, 9.17) is 4.74 Å². The standard InChI is InChI=1S/C12H20N2OS/c1-3-11-14-8-10(16-11)7-13-9-12(15-2)5-4-6-12/h8,13H,3-7,9H2,1-2H3. The van der Waals surface area contributed by atoms with Gasteiger partial charge in [0.25, 0.3) is 0 Å². The second-order valence-electron chi connectivity index (χ2n) is 4.42. The van der Waals surface area contributed by atoms with Crippen LogP contribution in [-0.4, -0.2) is 24.2 Å². The zero-order valence-corrected chi connectivity index (χ0v) is 10.9. The van der Waals surface area contributed by atoms with E-state index in [1.807, 2.05) is 13.3 Å². The van der Waals surface area contributed by atoms with Gasteiger partial charge in [0.05, 0.1) is 10.6 Å². The Kier molecular flexibility index (Phi) is 3.95. The summed E-state index contributed by atoms with van der Waals surface area (Å²) in [5.74, 6) is 0. The molecule has 1 aromatic rings. The number of aryl methyl sites for hydroxylation is 1. The molecule has 0 spiro atoms. The first-order chi connectivity index (χ1) is 7.78. The average Bonchev–Trinajstić information content (AvgIpc) is 2.70. The molecule has 1 heterocycles. The highest BCUT2D eigenvalue weighted by Crippen LogP contribution is 2.34. The van der Waals surface area contributed by atoms with Crippen LogP contribution in [0.4, 0.5) is 0 Å². The fourth-order valence-corrected chi connectivity index (χ4v) is 2.86. The Morgan fingerprint density at radius 3 is 2.88 bits per heavy atom. The minimum atomic E-state index is 0.123. The van der Waals surface area contributed by atoms with Crippen molar-refractivity contribution in [1.82, 2.24) is 10.3 Å². The molecule has 0 bridgehead atoms. The maximum Gasteiger partial charge on any atom is 0.0925 e. The van der Waals surface area contributed by atoms with Crippen molar-refractivity contribution in [2.45, 2.75) is 44.8 Å². The van der Waals surface area contributed by atoms with Crippen molar-refractivity contribution in [2.75, 3.05) is 13.7 Å². The zero-order chi connectivity index (χ0) is 11.4. The van der Waals surface area contributed by atoms with Crippen molar-refractivity contribution in [3.05, 3.63) is 16.1 Å². The van der Waals surface area contributed by atoms with Gasteiger partial charge in [-0.2, -0.15) is 0 Å². The van der Waals surface area contributed by atoms with Gasteiger partial charge < -0.3 is 10.1 Å². The van der Waals surface area contributed by atoms with Gasteiger partial charge in [-0.25, -0.2) is 4.98 Å². The second kappa shape index (κ2) is 5.25. The lowest BCUT2D eigenvalue weighted by Crippen LogP contribution is -2.47. The lowest BCUT2D eigenvalue weighted by Gasteiger charge is -2.40. The molecule has 2 rings (SSSR count). The Labute approximate surface area is 101 Å². The first kappa shape index (κ1) is 12.0. The minimum Gasteiger partial charge on any atom is -0.377 e. The molecule has 1 aromatic heterocycles. The summed E-state index contributed by atoms with van der Waals surface area (Å²) in [6.45, 7) is 4.02. The van der Waals surface area contributed by atoms with E-state index in [0.29, 0.717) is 0 Å². The zero-order valence-electron chi connectivity index (χ0n) is 10.1. The van der Waals surface area contributed by atoms with E-state index >= 15 is 0 Å². The predicted molar refractivity (Wildman–Crippen MR) is 66.8 cm³/mol. The normalized spacial score (nSPS) is 18.4. The van der Waals surface area contributed by atoms with Gasteiger partial charge in [-0.1, -0.05) is 6.92 Å². The molecule has 0 saturated heterocycles. The van der Waals surface area contributed by atoms with Crippen molar-refractivity contribution in [3.8, 4) is 0 Å². The largest absolute Gasteiger partial charge is 0.377 e. The van der Waals surface area contributed by atoms with Crippen LogP contribution in [0, 0.1) is 0 Å². The average molecular weight is 240 g/mol. The Morgan fingerprint density at radius 2 is 2.38 bits per heavy atom. The SMILES string of the molecule is CCc1ncc(CNCC2(OC)CCC2)s1. The maximum absolute atomic E-state index is 5.56. The Balaban J connectivity index is 1.75. The molecule has 16 heavy (non-hydrogen) atoms. The second-order valence-corrected chi connectivity index (χ2v) is 5.62. The van der Waals surface area contributed by atoms with Gasteiger partial charge in [0.1, 0.15) is 0 Å². The summed E-state index contributed by atoms with van der Waals surface area (Å²) in [7, 11) is 1.82. The van der Waals surface area contributed by atoms with Crippen LogP contribution < -0.4 is 5.32 Å². The molecule has 0 aromatic carbocycles. The fraction of sp³-hybridized carbons (Fsp3) is 0.750. The molecule has 1 N–H and O–H groups in total. The van der Waals surface area contributed by atoms with Crippen LogP contribution in [-0.2, 0) is 17.7 Å². The third-order valence-corrected chi connectivity index (χ3v) is 4.49. The first-order valence-corrected chi connectivity index (χ1v) is 6.79. The van der Waals surface area contributed by atoms with Gasteiger partial charge in [0, 0.05) is 31.3 Å². The van der Waals surface area contributed by atoms with E-state index in [-0.39, 0.29) is 5.60 Å². The molecule has 0 unspecified atom stereocenters. The van der Waals surface area contributed by atoms with E-state index in [1.54, 1.807) is 11.3 Å². The molecule has 0 radical (unpaired) electrons. The summed E-state index contributed by atoms with van der Waals surface area (Å²) in [6.07, 6.45) is 6.71. The van der Waals surface area contributed by atoms with Crippen LogP contribution in [0.15, 0.2) is 6.20 Å². The molecule has 90 valence electrons. The maximum atomic E-state index is 5.56. The van der Waals surface area contributed by atoms with Crippen LogP contribution in [0.5, 0.6) is 0 Å². The fourth-order valence-electron chi connectivity index (χ4n) is 2.03. The lowest BCUT2D eigenvalue weighted by atomic mass is 9.80. The van der Waals surface area contributed by atoms with Gasteiger partial charge in [-0.3, -0.25) is 0 Å². The third kappa shape index (κ3) is 2.62. The number of nitrogens with zero attached hydrogens (tertiary/aromatic N) is 1. The van der Waals surface area contributed by atoms with E-state index in [1.165, 1.54) is 29.1 Å². The molecule has 3 nitrogen and oxygen atoms in total. The van der Waals surface area contributed by atoms with Gasteiger partial charge in [-0.15, -0.1) is 11.3 Å². The van der Waals surface area contributed by atoms with Gasteiger partial charge in [0.2, 0.25) is 0 Å². The molecule has 1 fully saturated rings. The van der Waals surface area contributed by atoms with E-state index in [0.717, 1.165) is 19.5 Å². The van der Waals surface area contributed by atoms with E-state index in [2.05, 4.69) is 17.2 Å². The predicted octanol–water partition coefficient (Wildman–Crippen LogP) is 2.36. The smallest absolute Gasteiger partial charge is 0.0925 e. The summed E-state index contributed by atoms with van der Waals surface area (Å²) in [5, 5.41) is 4.70. The first-order valence-electron chi connectivity index (χ1n) is 5.97.